The number of amides is 2. The molecule has 2 aromatic rings. The molecule has 25 heavy (non-hydrogen) atoms. The van der Waals surface area contributed by atoms with Gasteiger partial charge in [0.1, 0.15) is 6.33 Å². The van der Waals surface area contributed by atoms with E-state index >= 15 is 0 Å². The van der Waals surface area contributed by atoms with Crippen molar-refractivity contribution in [3.63, 3.8) is 0 Å². The summed E-state index contributed by atoms with van der Waals surface area (Å²) in [5.74, 6) is 0.762. The average Bonchev–Trinajstić information content (AvgIpc) is 3.04. The summed E-state index contributed by atoms with van der Waals surface area (Å²) in [6.07, 6.45) is 1.67. The highest BCUT2D eigenvalue weighted by atomic mass is 35.5. The normalized spacial score (nSPS) is 14.6. The van der Waals surface area contributed by atoms with Crippen molar-refractivity contribution >= 4 is 35.1 Å². The van der Waals surface area contributed by atoms with Gasteiger partial charge in [0.25, 0.3) is 0 Å². The van der Waals surface area contributed by atoms with Gasteiger partial charge < -0.3 is 19.7 Å². The van der Waals surface area contributed by atoms with Crippen LogP contribution < -0.4 is 10.2 Å². The monoisotopic (exact) mass is 380 g/mol. The van der Waals surface area contributed by atoms with Crippen LogP contribution >= 0.6 is 23.4 Å². The molecule has 1 aromatic heterocycles. The van der Waals surface area contributed by atoms with Crippen molar-refractivity contribution in [3.8, 4) is 0 Å². The number of para-hydroxylation sites is 1. The number of nitrogens with zero attached hydrogens (tertiary/aromatic N) is 5. The van der Waals surface area contributed by atoms with Gasteiger partial charge in [-0.2, -0.15) is 0 Å². The number of carbonyl (C=O) groups excluding carboxylic acids is 1. The van der Waals surface area contributed by atoms with Crippen molar-refractivity contribution in [2.45, 2.75) is 5.16 Å². The van der Waals surface area contributed by atoms with Gasteiger partial charge in [-0.1, -0.05) is 35.5 Å². The molecule has 0 bridgehead atoms. The quantitative estimate of drug-likeness (QED) is 0.635. The zero-order valence-corrected chi connectivity index (χ0v) is 15.6. The van der Waals surface area contributed by atoms with Gasteiger partial charge in [0.05, 0.1) is 10.7 Å². The molecule has 2 heterocycles. The van der Waals surface area contributed by atoms with E-state index in [9.17, 15) is 4.79 Å². The first kappa shape index (κ1) is 17.9. The Morgan fingerprint density at radius 3 is 2.72 bits per heavy atom. The van der Waals surface area contributed by atoms with Crippen molar-refractivity contribution in [3.05, 3.63) is 35.6 Å². The van der Waals surface area contributed by atoms with Gasteiger partial charge in [0.2, 0.25) is 0 Å². The van der Waals surface area contributed by atoms with Gasteiger partial charge >= 0.3 is 6.03 Å². The van der Waals surface area contributed by atoms with Crippen LogP contribution in [0.4, 0.5) is 10.5 Å². The van der Waals surface area contributed by atoms with Crippen molar-refractivity contribution in [1.82, 2.24) is 25.0 Å². The molecule has 0 spiro atoms. The first-order chi connectivity index (χ1) is 12.1. The maximum absolute atomic E-state index is 12.3. The van der Waals surface area contributed by atoms with Crippen molar-refractivity contribution in [2.75, 3.05) is 43.4 Å². The van der Waals surface area contributed by atoms with Crippen molar-refractivity contribution in [1.29, 1.82) is 0 Å². The molecule has 1 fully saturated rings. The Bertz CT molecular complexity index is 716. The van der Waals surface area contributed by atoms with Crippen LogP contribution in [0.25, 0.3) is 0 Å². The zero-order chi connectivity index (χ0) is 17.6. The fourth-order valence-electron chi connectivity index (χ4n) is 2.67. The van der Waals surface area contributed by atoms with Crippen molar-refractivity contribution in [2.24, 2.45) is 7.05 Å². The molecule has 1 aromatic carbocycles. The van der Waals surface area contributed by atoms with E-state index in [4.69, 9.17) is 11.6 Å². The largest absolute Gasteiger partial charge is 0.367 e. The number of hydrogen-bond donors (Lipinski definition) is 1. The van der Waals surface area contributed by atoms with Gasteiger partial charge in [-0.05, 0) is 12.1 Å². The summed E-state index contributed by atoms with van der Waals surface area (Å²) >= 11 is 7.82. The molecule has 2 amide bonds. The molecule has 0 saturated carbocycles. The van der Waals surface area contributed by atoms with E-state index in [1.807, 2.05) is 40.8 Å². The molecule has 3 rings (SSSR count). The Hall–Kier alpha value is -1.93. The maximum Gasteiger partial charge on any atom is 0.317 e. The second-order valence-corrected chi connectivity index (χ2v) is 7.20. The van der Waals surface area contributed by atoms with Crippen LogP contribution in [-0.2, 0) is 7.05 Å². The number of rotatable bonds is 5. The van der Waals surface area contributed by atoms with Crippen LogP contribution in [0.2, 0.25) is 5.02 Å². The van der Waals surface area contributed by atoms with E-state index in [0.29, 0.717) is 19.6 Å². The van der Waals surface area contributed by atoms with Crippen LogP contribution in [0.3, 0.4) is 0 Å². The second-order valence-electron chi connectivity index (χ2n) is 5.73. The van der Waals surface area contributed by atoms with Crippen LogP contribution in [0.15, 0.2) is 35.7 Å². The minimum atomic E-state index is -0.0163. The molecule has 0 unspecified atom stereocenters. The lowest BCUT2D eigenvalue weighted by atomic mass is 10.2. The van der Waals surface area contributed by atoms with E-state index in [1.165, 1.54) is 0 Å². The topological polar surface area (TPSA) is 66.3 Å². The summed E-state index contributed by atoms with van der Waals surface area (Å²) in [4.78, 5) is 16.3. The van der Waals surface area contributed by atoms with Gasteiger partial charge in [-0.3, -0.25) is 0 Å². The predicted molar refractivity (Wildman–Crippen MR) is 100 cm³/mol. The molecular formula is C16H21ClN6OS. The Labute approximate surface area is 156 Å². The van der Waals surface area contributed by atoms with Crippen LogP contribution in [-0.4, -0.2) is 64.2 Å². The summed E-state index contributed by atoms with van der Waals surface area (Å²) in [6.45, 7) is 3.54. The highest BCUT2D eigenvalue weighted by Crippen LogP contribution is 2.25. The molecule has 0 atom stereocenters. The molecule has 9 heteroatoms. The number of anilines is 1. The number of carbonyl (C=O) groups is 1. The number of urea groups is 1. The number of piperazine rings is 1. The highest BCUT2D eigenvalue weighted by Gasteiger charge is 2.22. The number of aromatic nitrogens is 3. The van der Waals surface area contributed by atoms with E-state index in [1.54, 1.807) is 18.1 Å². The molecule has 1 aliphatic rings. The van der Waals surface area contributed by atoms with Crippen LogP contribution in [0.1, 0.15) is 0 Å². The Morgan fingerprint density at radius 2 is 2.04 bits per heavy atom. The zero-order valence-electron chi connectivity index (χ0n) is 14.1. The molecule has 0 aliphatic carbocycles. The van der Waals surface area contributed by atoms with Crippen LogP contribution in [0.5, 0.6) is 0 Å². The number of aryl methyl sites for hydroxylation is 1. The SMILES string of the molecule is Cn1cnnc1SCCNC(=O)N1CCN(c2ccccc2Cl)CC1. The molecular weight excluding hydrogens is 360 g/mol. The lowest BCUT2D eigenvalue weighted by molar-refractivity contribution is 0.195. The summed E-state index contributed by atoms with van der Waals surface area (Å²) in [7, 11) is 1.90. The first-order valence-corrected chi connectivity index (χ1v) is 9.50. The predicted octanol–water partition coefficient (Wildman–Crippen LogP) is 2.09. The fraction of sp³-hybridized carbons (Fsp3) is 0.438. The molecule has 1 saturated heterocycles. The molecule has 1 N–H and O–H groups in total. The van der Waals surface area contributed by atoms with E-state index < -0.39 is 0 Å². The van der Waals surface area contributed by atoms with Gasteiger partial charge in [0.15, 0.2) is 5.16 Å². The standard InChI is InChI=1S/C16H21ClN6OS/c1-21-12-19-20-16(21)25-11-6-18-15(24)23-9-7-22(8-10-23)14-5-3-2-4-13(14)17/h2-5,12H,6-11H2,1H3,(H,18,24). The third-order valence-electron chi connectivity index (χ3n) is 4.04. The van der Waals surface area contributed by atoms with Gasteiger partial charge in [0, 0.05) is 45.5 Å². The minimum Gasteiger partial charge on any atom is -0.367 e. The molecule has 1 aliphatic heterocycles. The highest BCUT2D eigenvalue weighted by molar-refractivity contribution is 7.99. The summed E-state index contributed by atoms with van der Waals surface area (Å²) in [6, 6.07) is 7.80. The second kappa shape index (κ2) is 8.44. The summed E-state index contributed by atoms with van der Waals surface area (Å²) < 4.78 is 1.86. The third-order valence-corrected chi connectivity index (χ3v) is 5.40. The van der Waals surface area contributed by atoms with E-state index in [-0.39, 0.29) is 6.03 Å². The number of nitrogens with one attached hydrogen (secondary N) is 1. The number of benzene rings is 1. The maximum atomic E-state index is 12.3. The van der Waals surface area contributed by atoms with E-state index in [2.05, 4.69) is 20.4 Å². The lowest BCUT2D eigenvalue weighted by Crippen LogP contribution is -2.52. The van der Waals surface area contributed by atoms with Gasteiger partial charge in [-0.25, -0.2) is 4.79 Å². The first-order valence-electron chi connectivity index (χ1n) is 8.14. The van der Waals surface area contributed by atoms with Crippen LogP contribution in [0, 0.1) is 0 Å². The Kier molecular flexibility index (Phi) is 6.04. The number of thioether (sulfide) groups is 1. The summed E-state index contributed by atoms with van der Waals surface area (Å²) in [5, 5.41) is 12.4. The molecule has 134 valence electrons. The smallest absolute Gasteiger partial charge is 0.317 e. The van der Waals surface area contributed by atoms with Gasteiger partial charge in [-0.15, -0.1) is 10.2 Å². The fourth-order valence-corrected chi connectivity index (χ4v) is 3.67. The minimum absolute atomic E-state index is 0.0163. The van der Waals surface area contributed by atoms with E-state index in [0.717, 1.165) is 34.7 Å². The summed E-state index contributed by atoms with van der Waals surface area (Å²) in [5.41, 5.74) is 1.03. The Balaban J connectivity index is 1.40. The lowest BCUT2D eigenvalue weighted by Gasteiger charge is -2.36. The molecule has 0 radical (unpaired) electrons. The van der Waals surface area contributed by atoms with Crippen molar-refractivity contribution < 1.29 is 4.79 Å². The molecule has 7 nitrogen and oxygen atoms in total. The number of halogens is 1. The average molecular weight is 381 g/mol. The number of hydrogen-bond acceptors (Lipinski definition) is 5. The Morgan fingerprint density at radius 1 is 1.28 bits per heavy atom. The third kappa shape index (κ3) is 4.58.